The summed E-state index contributed by atoms with van der Waals surface area (Å²) in [5, 5.41) is 1.29. The van der Waals surface area contributed by atoms with Crippen LogP contribution in [0.3, 0.4) is 0 Å². The molecule has 3 nitrogen and oxygen atoms in total. The zero-order valence-corrected chi connectivity index (χ0v) is 11.3. The van der Waals surface area contributed by atoms with Crippen LogP contribution in [-0.4, -0.2) is 11.5 Å². The molecular weight excluding hydrogens is 248 g/mol. The highest BCUT2D eigenvalue weighted by Gasteiger charge is 2.02. The SMILES string of the molecule is c1ccc(CONCCc2c[nH]c3ccccc23)cc1. The fraction of sp³-hybridized carbons (Fsp3) is 0.176. The van der Waals surface area contributed by atoms with E-state index in [4.69, 9.17) is 4.84 Å². The van der Waals surface area contributed by atoms with Gasteiger partial charge in [0, 0.05) is 23.6 Å². The first-order chi connectivity index (χ1) is 9.93. The van der Waals surface area contributed by atoms with E-state index in [0.717, 1.165) is 13.0 Å². The second-order valence-corrected chi connectivity index (χ2v) is 4.78. The van der Waals surface area contributed by atoms with Gasteiger partial charge in [0.1, 0.15) is 0 Å². The molecule has 1 aromatic heterocycles. The Hall–Kier alpha value is -2.10. The molecule has 0 bridgehead atoms. The number of aromatic nitrogens is 1. The van der Waals surface area contributed by atoms with Crippen LogP contribution in [0, 0.1) is 0 Å². The third-order valence-electron chi connectivity index (χ3n) is 3.36. The van der Waals surface area contributed by atoms with Gasteiger partial charge in [0.25, 0.3) is 0 Å². The van der Waals surface area contributed by atoms with Crippen molar-refractivity contribution in [1.82, 2.24) is 10.5 Å². The van der Waals surface area contributed by atoms with Crippen LogP contribution in [0.15, 0.2) is 60.8 Å². The van der Waals surface area contributed by atoms with Crippen molar-refractivity contribution in [3.05, 3.63) is 71.9 Å². The second-order valence-electron chi connectivity index (χ2n) is 4.78. The Labute approximate surface area is 118 Å². The Kier molecular flexibility index (Phi) is 4.11. The van der Waals surface area contributed by atoms with E-state index in [2.05, 4.69) is 47.0 Å². The predicted octanol–water partition coefficient (Wildman–Crippen LogP) is 3.43. The predicted molar refractivity (Wildman–Crippen MR) is 81.2 cm³/mol. The van der Waals surface area contributed by atoms with Crippen LogP contribution in [0.2, 0.25) is 0 Å². The first kappa shape index (κ1) is 12.9. The van der Waals surface area contributed by atoms with Crippen molar-refractivity contribution in [1.29, 1.82) is 0 Å². The van der Waals surface area contributed by atoms with Crippen molar-refractivity contribution < 1.29 is 4.84 Å². The molecule has 0 aliphatic carbocycles. The molecule has 0 aliphatic rings. The summed E-state index contributed by atoms with van der Waals surface area (Å²) < 4.78 is 0. The van der Waals surface area contributed by atoms with Crippen LogP contribution in [0.5, 0.6) is 0 Å². The molecule has 0 saturated carbocycles. The Morgan fingerprint density at radius 1 is 0.950 bits per heavy atom. The molecule has 2 N–H and O–H groups in total. The van der Waals surface area contributed by atoms with E-state index < -0.39 is 0 Å². The lowest BCUT2D eigenvalue weighted by Crippen LogP contribution is -2.17. The highest BCUT2D eigenvalue weighted by molar-refractivity contribution is 5.83. The zero-order valence-electron chi connectivity index (χ0n) is 11.3. The van der Waals surface area contributed by atoms with Gasteiger partial charge in [-0.3, -0.25) is 4.84 Å². The number of aromatic amines is 1. The molecule has 102 valence electrons. The zero-order chi connectivity index (χ0) is 13.6. The van der Waals surface area contributed by atoms with Crippen LogP contribution in [-0.2, 0) is 17.9 Å². The summed E-state index contributed by atoms with van der Waals surface area (Å²) in [5.74, 6) is 0. The lowest BCUT2D eigenvalue weighted by Gasteiger charge is -2.05. The third kappa shape index (κ3) is 3.07. The van der Waals surface area contributed by atoms with E-state index in [1.54, 1.807) is 0 Å². The van der Waals surface area contributed by atoms with Gasteiger partial charge in [-0.05, 0) is 23.6 Å². The summed E-state index contributed by atoms with van der Waals surface area (Å²) in [5.41, 5.74) is 6.70. The number of benzene rings is 2. The summed E-state index contributed by atoms with van der Waals surface area (Å²) in [6.07, 6.45) is 3.02. The molecule has 0 spiro atoms. The van der Waals surface area contributed by atoms with Gasteiger partial charge in [-0.2, -0.15) is 0 Å². The molecule has 0 unspecified atom stereocenters. The minimum atomic E-state index is 0.592. The summed E-state index contributed by atoms with van der Waals surface area (Å²) >= 11 is 0. The average molecular weight is 266 g/mol. The first-order valence-corrected chi connectivity index (χ1v) is 6.87. The molecule has 3 heteroatoms. The van der Waals surface area contributed by atoms with Crippen molar-refractivity contribution in [2.75, 3.05) is 6.54 Å². The fourth-order valence-electron chi connectivity index (χ4n) is 2.30. The van der Waals surface area contributed by atoms with Crippen LogP contribution in [0.4, 0.5) is 0 Å². The van der Waals surface area contributed by atoms with Crippen LogP contribution < -0.4 is 5.48 Å². The van der Waals surface area contributed by atoms with E-state index in [1.807, 2.05) is 24.3 Å². The maximum Gasteiger partial charge on any atom is 0.0933 e. The Balaban J connectivity index is 1.46. The van der Waals surface area contributed by atoms with Gasteiger partial charge in [-0.25, -0.2) is 5.48 Å². The highest BCUT2D eigenvalue weighted by atomic mass is 16.6. The number of para-hydroxylation sites is 1. The van der Waals surface area contributed by atoms with Gasteiger partial charge in [0.05, 0.1) is 6.61 Å². The van der Waals surface area contributed by atoms with Crippen molar-refractivity contribution in [3.8, 4) is 0 Å². The van der Waals surface area contributed by atoms with Crippen molar-refractivity contribution in [3.63, 3.8) is 0 Å². The number of hydrogen-bond donors (Lipinski definition) is 2. The molecule has 20 heavy (non-hydrogen) atoms. The van der Waals surface area contributed by atoms with E-state index in [1.165, 1.54) is 22.0 Å². The minimum absolute atomic E-state index is 0.592. The molecule has 0 radical (unpaired) electrons. The first-order valence-electron chi connectivity index (χ1n) is 6.87. The maximum absolute atomic E-state index is 5.47. The van der Waals surface area contributed by atoms with Gasteiger partial charge in [0.2, 0.25) is 0 Å². The third-order valence-corrected chi connectivity index (χ3v) is 3.36. The van der Waals surface area contributed by atoms with Crippen molar-refractivity contribution in [2.45, 2.75) is 13.0 Å². The molecule has 0 amide bonds. The van der Waals surface area contributed by atoms with E-state index in [0.29, 0.717) is 6.61 Å². The van der Waals surface area contributed by atoms with E-state index in [-0.39, 0.29) is 0 Å². The van der Waals surface area contributed by atoms with Gasteiger partial charge in [0.15, 0.2) is 0 Å². The normalized spacial score (nSPS) is 11.0. The summed E-state index contributed by atoms with van der Waals surface area (Å²) in [7, 11) is 0. The second kappa shape index (κ2) is 6.37. The summed E-state index contributed by atoms with van der Waals surface area (Å²) in [4.78, 5) is 8.76. The molecule has 0 fully saturated rings. The topological polar surface area (TPSA) is 37.0 Å². The number of hydrogen-bond acceptors (Lipinski definition) is 2. The minimum Gasteiger partial charge on any atom is -0.361 e. The Morgan fingerprint density at radius 3 is 2.65 bits per heavy atom. The van der Waals surface area contributed by atoms with Gasteiger partial charge in [-0.15, -0.1) is 0 Å². The molecule has 0 saturated heterocycles. The molecule has 2 aromatic carbocycles. The standard InChI is InChI=1S/C17H18N2O/c1-2-6-14(7-3-1)13-20-19-11-10-15-12-18-17-9-5-4-8-16(15)17/h1-9,12,18-19H,10-11,13H2. The van der Waals surface area contributed by atoms with Gasteiger partial charge in [-0.1, -0.05) is 48.5 Å². The van der Waals surface area contributed by atoms with Crippen molar-refractivity contribution >= 4 is 10.9 Å². The van der Waals surface area contributed by atoms with Crippen molar-refractivity contribution in [2.24, 2.45) is 0 Å². The van der Waals surface area contributed by atoms with Crippen LogP contribution >= 0.6 is 0 Å². The Morgan fingerprint density at radius 2 is 1.75 bits per heavy atom. The number of H-pyrrole nitrogens is 1. The van der Waals surface area contributed by atoms with Crippen LogP contribution in [0.25, 0.3) is 10.9 Å². The molecule has 3 aromatic rings. The number of hydroxylamine groups is 1. The molecular formula is C17H18N2O. The summed E-state index contributed by atoms with van der Waals surface area (Å²) in [6, 6.07) is 18.5. The van der Waals surface area contributed by atoms with Crippen LogP contribution in [0.1, 0.15) is 11.1 Å². The highest BCUT2D eigenvalue weighted by Crippen LogP contribution is 2.17. The largest absolute Gasteiger partial charge is 0.361 e. The number of rotatable bonds is 6. The molecule has 0 aliphatic heterocycles. The number of fused-ring (bicyclic) bond motifs is 1. The van der Waals surface area contributed by atoms with Gasteiger partial charge >= 0.3 is 0 Å². The lowest BCUT2D eigenvalue weighted by atomic mass is 10.1. The molecule has 3 rings (SSSR count). The summed E-state index contributed by atoms with van der Waals surface area (Å²) in [6.45, 7) is 1.39. The molecule has 0 atom stereocenters. The maximum atomic E-state index is 5.47. The number of nitrogens with one attached hydrogen (secondary N) is 2. The Bertz CT molecular complexity index is 661. The fourth-order valence-corrected chi connectivity index (χ4v) is 2.30. The lowest BCUT2D eigenvalue weighted by molar-refractivity contribution is 0.0289. The average Bonchev–Trinajstić information content (AvgIpc) is 2.91. The quantitative estimate of drug-likeness (QED) is 0.530. The smallest absolute Gasteiger partial charge is 0.0933 e. The monoisotopic (exact) mass is 266 g/mol. The molecule has 1 heterocycles. The van der Waals surface area contributed by atoms with E-state index >= 15 is 0 Å². The van der Waals surface area contributed by atoms with E-state index in [9.17, 15) is 0 Å². The van der Waals surface area contributed by atoms with Gasteiger partial charge < -0.3 is 4.98 Å².